The Morgan fingerprint density at radius 2 is 2.50 bits per heavy atom. The smallest absolute Gasteiger partial charge is 0.169 e. The second-order valence-electron chi connectivity index (χ2n) is 2.60. The second-order valence-corrected chi connectivity index (χ2v) is 2.94. The molecule has 0 aliphatic heterocycles. The third-order valence-electron chi connectivity index (χ3n) is 1.67. The number of rotatable bonds is 4. The molecule has 0 radical (unpaired) electrons. The third-order valence-corrected chi connectivity index (χ3v) is 2.06. The van der Waals surface area contributed by atoms with Crippen LogP contribution < -0.4 is 0 Å². The molecule has 0 saturated heterocycles. The summed E-state index contributed by atoms with van der Waals surface area (Å²) in [4.78, 5) is 14.4. The van der Waals surface area contributed by atoms with E-state index in [-0.39, 0.29) is 0 Å². The lowest BCUT2D eigenvalue weighted by molar-refractivity contribution is 0.111. The number of carbonyl (C=O) groups excluding carboxylic acids is 1. The SMILES string of the molecule is CCCCc1ncc(C=O)n1Cl. The van der Waals surface area contributed by atoms with Gasteiger partial charge < -0.3 is 0 Å². The van der Waals surface area contributed by atoms with Crippen molar-refractivity contribution in [2.24, 2.45) is 0 Å². The molecule has 0 unspecified atom stereocenters. The minimum Gasteiger partial charge on any atom is -0.296 e. The predicted octanol–water partition coefficient (Wildman–Crippen LogP) is 2.04. The average molecular weight is 187 g/mol. The zero-order valence-corrected chi connectivity index (χ0v) is 7.71. The molecule has 0 saturated carbocycles. The molecular weight excluding hydrogens is 176 g/mol. The van der Waals surface area contributed by atoms with E-state index in [0.717, 1.165) is 25.1 Å². The number of hydrogen-bond donors (Lipinski definition) is 0. The Bertz CT molecular complexity index is 270. The first-order valence-electron chi connectivity index (χ1n) is 3.97. The van der Waals surface area contributed by atoms with Crippen molar-refractivity contribution < 1.29 is 4.79 Å². The van der Waals surface area contributed by atoms with Crippen LogP contribution in [0.2, 0.25) is 0 Å². The number of hydrogen-bond acceptors (Lipinski definition) is 2. The Labute approximate surface area is 76.5 Å². The highest BCUT2D eigenvalue weighted by molar-refractivity contribution is 6.17. The lowest BCUT2D eigenvalue weighted by atomic mass is 10.2. The molecule has 4 heteroatoms. The van der Waals surface area contributed by atoms with E-state index in [2.05, 4.69) is 11.9 Å². The fourth-order valence-electron chi connectivity index (χ4n) is 0.965. The van der Waals surface area contributed by atoms with Crippen LogP contribution in [0.25, 0.3) is 0 Å². The Kier molecular flexibility index (Phi) is 3.29. The summed E-state index contributed by atoms with van der Waals surface area (Å²) in [6, 6.07) is 0. The third kappa shape index (κ3) is 1.85. The number of carbonyl (C=O) groups is 1. The monoisotopic (exact) mass is 186 g/mol. The van der Waals surface area contributed by atoms with Crippen molar-refractivity contribution in [2.75, 3.05) is 0 Å². The Morgan fingerprint density at radius 1 is 1.75 bits per heavy atom. The van der Waals surface area contributed by atoms with Crippen molar-refractivity contribution in [2.45, 2.75) is 26.2 Å². The molecule has 1 heterocycles. The van der Waals surface area contributed by atoms with Gasteiger partial charge in [-0.3, -0.25) is 4.79 Å². The largest absolute Gasteiger partial charge is 0.296 e. The molecule has 0 aliphatic carbocycles. The maximum absolute atomic E-state index is 10.4. The van der Waals surface area contributed by atoms with Crippen LogP contribution in [0.5, 0.6) is 0 Å². The first-order valence-corrected chi connectivity index (χ1v) is 4.31. The molecule has 0 aromatic carbocycles. The van der Waals surface area contributed by atoms with Gasteiger partial charge in [0.2, 0.25) is 0 Å². The Balaban J connectivity index is 2.72. The van der Waals surface area contributed by atoms with Gasteiger partial charge in [-0.2, -0.15) is 0 Å². The van der Waals surface area contributed by atoms with Gasteiger partial charge in [0.25, 0.3) is 0 Å². The van der Waals surface area contributed by atoms with Gasteiger partial charge in [0, 0.05) is 18.2 Å². The van der Waals surface area contributed by atoms with Gasteiger partial charge in [-0.1, -0.05) is 13.3 Å². The van der Waals surface area contributed by atoms with Crippen LogP contribution in [0.1, 0.15) is 36.1 Å². The van der Waals surface area contributed by atoms with E-state index in [0.29, 0.717) is 12.0 Å². The van der Waals surface area contributed by atoms with E-state index in [4.69, 9.17) is 11.8 Å². The molecule has 1 aromatic heterocycles. The van der Waals surface area contributed by atoms with Crippen molar-refractivity contribution in [1.29, 1.82) is 0 Å². The summed E-state index contributed by atoms with van der Waals surface area (Å²) in [6.45, 7) is 2.10. The van der Waals surface area contributed by atoms with Crippen LogP contribution in [0, 0.1) is 0 Å². The number of aldehydes is 1. The maximum Gasteiger partial charge on any atom is 0.169 e. The van der Waals surface area contributed by atoms with Crippen molar-refractivity contribution in [3.05, 3.63) is 17.7 Å². The van der Waals surface area contributed by atoms with Gasteiger partial charge in [0.15, 0.2) is 6.29 Å². The molecule has 0 amide bonds. The predicted molar refractivity (Wildman–Crippen MR) is 47.5 cm³/mol. The highest BCUT2D eigenvalue weighted by Crippen LogP contribution is 2.08. The minimum atomic E-state index is 0.419. The van der Waals surface area contributed by atoms with Gasteiger partial charge in [-0.15, -0.1) is 0 Å². The standard InChI is InChI=1S/C8H11ClN2O/c1-2-3-4-8-10-5-7(6-12)11(8)9/h5-6H,2-4H2,1H3. The average Bonchev–Trinajstić information content (AvgIpc) is 2.43. The molecule has 0 atom stereocenters. The highest BCUT2D eigenvalue weighted by atomic mass is 35.5. The van der Waals surface area contributed by atoms with E-state index >= 15 is 0 Å². The number of halogens is 1. The zero-order valence-electron chi connectivity index (χ0n) is 6.96. The van der Waals surface area contributed by atoms with Gasteiger partial charge in [0.05, 0.1) is 6.20 Å². The number of imidazole rings is 1. The summed E-state index contributed by atoms with van der Waals surface area (Å²) in [7, 11) is 0. The first-order chi connectivity index (χ1) is 5.79. The Morgan fingerprint density at radius 3 is 3.00 bits per heavy atom. The number of unbranched alkanes of at least 4 members (excludes halogenated alkanes) is 1. The second kappa shape index (κ2) is 4.26. The van der Waals surface area contributed by atoms with Gasteiger partial charge >= 0.3 is 0 Å². The molecule has 0 aliphatic rings. The molecule has 0 bridgehead atoms. The van der Waals surface area contributed by atoms with Gasteiger partial charge in [-0.05, 0) is 6.42 Å². The molecule has 12 heavy (non-hydrogen) atoms. The van der Waals surface area contributed by atoms with E-state index in [1.54, 1.807) is 0 Å². The highest BCUT2D eigenvalue weighted by Gasteiger charge is 2.05. The number of nitrogens with zero attached hydrogens (tertiary/aromatic N) is 2. The normalized spacial score (nSPS) is 10.2. The van der Waals surface area contributed by atoms with E-state index in [9.17, 15) is 4.79 Å². The van der Waals surface area contributed by atoms with E-state index in [1.165, 1.54) is 10.3 Å². The Hall–Kier alpha value is -0.830. The fourth-order valence-corrected chi connectivity index (χ4v) is 1.18. The van der Waals surface area contributed by atoms with E-state index in [1.807, 2.05) is 0 Å². The summed E-state index contributed by atoms with van der Waals surface area (Å²) in [5.74, 6) is 0.764. The summed E-state index contributed by atoms with van der Waals surface area (Å²) >= 11 is 5.78. The summed E-state index contributed by atoms with van der Waals surface area (Å²) in [6.07, 6.45) is 5.16. The van der Waals surface area contributed by atoms with Crippen molar-refractivity contribution >= 4 is 18.1 Å². The van der Waals surface area contributed by atoms with Crippen LogP contribution in [0.4, 0.5) is 0 Å². The molecule has 0 fully saturated rings. The molecule has 0 spiro atoms. The van der Waals surface area contributed by atoms with Crippen molar-refractivity contribution in [1.82, 2.24) is 9.07 Å². The van der Waals surface area contributed by atoms with E-state index < -0.39 is 0 Å². The summed E-state index contributed by atoms with van der Waals surface area (Å²) < 4.78 is 1.32. The molecule has 1 aromatic rings. The maximum atomic E-state index is 10.4. The lowest BCUT2D eigenvalue weighted by Crippen LogP contribution is -1.95. The van der Waals surface area contributed by atoms with Crippen molar-refractivity contribution in [3.8, 4) is 0 Å². The number of aromatic nitrogens is 2. The molecule has 3 nitrogen and oxygen atoms in total. The van der Waals surface area contributed by atoms with Crippen LogP contribution in [0.15, 0.2) is 6.20 Å². The van der Waals surface area contributed by atoms with Crippen LogP contribution in [-0.4, -0.2) is 15.4 Å². The minimum absolute atomic E-state index is 0.419. The summed E-state index contributed by atoms with van der Waals surface area (Å²) in [5, 5.41) is 0. The van der Waals surface area contributed by atoms with Gasteiger partial charge in [0.1, 0.15) is 11.5 Å². The first kappa shape index (κ1) is 9.26. The van der Waals surface area contributed by atoms with Crippen molar-refractivity contribution in [3.63, 3.8) is 0 Å². The lowest BCUT2D eigenvalue weighted by Gasteiger charge is -1.97. The zero-order chi connectivity index (χ0) is 8.97. The number of aryl methyl sites for hydroxylation is 1. The molecular formula is C8H11ClN2O. The van der Waals surface area contributed by atoms with Crippen LogP contribution in [-0.2, 0) is 6.42 Å². The molecule has 1 rings (SSSR count). The fraction of sp³-hybridized carbons (Fsp3) is 0.500. The molecule has 66 valence electrons. The van der Waals surface area contributed by atoms with Crippen LogP contribution >= 0.6 is 11.8 Å². The van der Waals surface area contributed by atoms with Gasteiger partial charge in [-0.25, -0.2) is 9.07 Å². The topological polar surface area (TPSA) is 34.9 Å². The molecule has 0 N–H and O–H groups in total. The summed E-state index contributed by atoms with van der Waals surface area (Å²) in [5.41, 5.74) is 0.419. The van der Waals surface area contributed by atoms with Crippen LogP contribution in [0.3, 0.4) is 0 Å². The quantitative estimate of drug-likeness (QED) is 0.675.